The van der Waals surface area contributed by atoms with E-state index in [1.54, 1.807) is 17.4 Å². The SMILES string of the molecule is O=C1C(=Cc2cc3sc4c(c5cccc6c(-c7ccccc7)cc7c8ccccc8n4c7c65)c3s2)C(=O)c2cc(F)c(F)cc21. The molecule has 1 aliphatic rings. The fourth-order valence-corrected chi connectivity index (χ4v) is 9.77. The number of benzene rings is 5. The molecule has 0 spiro atoms. The van der Waals surface area contributed by atoms with Gasteiger partial charge in [-0.25, -0.2) is 8.78 Å². The summed E-state index contributed by atoms with van der Waals surface area (Å²) in [6.45, 7) is 0. The number of carbonyl (C=O) groups excluding carboxylic acids is 2. The summed E-state index contributed by atoms with van der Waals surface area (Å²) in [4.78, 5) is 28.1. The molecular weight excluding hydrogens is 605 g/mol. The van der Waals surface area contributed by atoms with Crippen molar-refractivity contribution in [1.82, 2.24) is 4.40 Å². The number of rotatable bonds is 2. The summed E-state index contributed by atoms with van der Waals surface area (Å²) < 4.78 is 32.3. The molecule has 0 saturated carbocycles. The largest absolute Gasteiger partial charge is 0.299 e. The van der Waals surface area contributed by atoms with Crippen LogP contribution in [-0.2, 0) is 0 Å². The second-order valence-corrected chi connectivity index (χ2v) is 13.5. The van der Waals surface area contributed by atoms with Crippen molar-refractivity contribution in [2.75, 3.05) is 0 Å². The van der Waals surface area contributed by atoms with Crippen molar-refractivity contribution in [3.8, 4) is 11.1 Å². The van der Waals surface area contributed by atoms with Gasteiger partial charge in [0, 0.05) is 42.2 Å². The highest BCUT2D eigenvalue weighted by Gasteiger charge is 2.35. The Morgan fingerprint density at radius 3 is 2.09 bits per heavy atom. The Balaban J connectivity index is 1.28. The Hall–Kier alpha value is -5.24. The maximum absolute atomic E-state index is 13.9. The number of Topliss-reactive ketones (excluding diaryl/α,β-unsaturated/α-hetero) is 2. The first-order chi connectivity index (χ1) is 22.0. The van der Waals surface area contributed by atoms with Crippen LogP contribution in [0.2, 0.25) is 0 Å². The smallest absolute Gasteiger partial charge is 0.197 e. The molecule has 9 aromatic rings. The van der Waals surface area contributed by atoms with Crippen molar-refractivity contribution >= 4 is 97.9 Å². The number of hydrogen-bond donors (Lipinski definition) is 0. The molecule has 3 nitrogen and oxygen atoms in total. The molecule has 0 unspecified atom stereocenters. The molecule has 1 aliphatic carbocycles. The second kappa shape index (κ2) is 8.69. The molecule has 0 aliphatic heterocycles. The minimum Gasteiger partial charge on any atom is -0.299 e. The molecule has 5 aromatic carbocycles. The number of fused-ring (bicyclic) bond motifs is 9. The lowest BCUT2D eigenvalue weighted by atomic mass is 9.92. The van der Waals surface area contributed by atoms with Gasteiger partial charge < -0.3 is 0 Å². The summed E-state index contributed by atoms with van der Waals surface area (Å²) in [7, 11) is 0. The van der Waals surface area contributed by atoms with E-state index in [9.17, 15) is 18.4 Å². The quantitative estimate of drug-likeness (QED) is 0.142. The monoisotopic (exact) mass is 621 g/mol. The summed E-state index contributed by atoms with van der Waals surface area (Å²) in [5, 5.41) is 7.07. The number of halogens is 2. The number of allylic oxidation sites excluding steroid dienone is 1. The Morgan fingerprint density at radius 2 is 1.31 bits per heavy atom. The molecule has 0 fully saturated rings. The number of ketones is 2. The fourth-order valence-electron chi connectivity index (χ4n) is 7.14. The maximum atomic E-state index is 13.9. The van der Waals surface area contributed by atoms with Gasteiger partial charge in [-0.3, -0.25) is 14.0 Å². The lowest BCUT2D eigenvalue weighted by Gasteiger charge is -2.14. The van der Waals surface area contributed by atoms with Crippen LogP contribution in [0.3, 0.4) is 0 Å². The Labute approximate surface area is 261 Å². The van der Waals surface area contributed by atoms with Crippen LogP contribution in [0, 0.1) is 11.6 Å². The van der Waals surface area contributed by atoms with Gasteiger partial charge in [-0.05, 0) is 58.3 Å². The van der Waals surface area contributed by atoms with Crippen LogP contribution in [0.1, 0.15) is 25.6 Å². The zero-order valence-corrected chi connectivity index (χ0v) is 24.8. The van der Waals surface area contributed by atoms with E-state index in [0.717, 1.165) is 53.1 Å². The molecule has 45 heavy (non-hydrogen) atoms. The summed E-state index contributed by atoms with van der Waals surface area (Å²) in [5.41, 5.74) is 4.42. The predicted octanol–water partition coefficient (Wildman–Crippen LogP) is 10.7. The first-order valence-electron chi connectivity index (χ1n) is 14.4. The predicted molar refractivity (Wildman–Crippen MR) is 180 cm³/mol. The molecule has 0 amide bonds. The number of para-hydroxylation sites is 1. The lowest BCUT2D eigenvalue weighted by Crippen LogP contribution is -1.99. The van der Waals surface area contributed by atoms with E-state index in [4.69, 9.17) is 0 Å². The third kappa shape index (κ3) is 3.21. The molecule has 0 atom stereocenters. The van der Waals surface area contributed by atoms with E-state index in [2.05, 4.69) is 77.2 Å². The molecule has 4 aromatic heterocycles. The Kier molecular flexibility index (Phi) is 4.85. The molecule has 0 bridgehead atoms. The number of hydrogen-bond acceptors (Lipinski definition) is 4. The second-order valence-electron chi connectivity index (χ2n) is 11.4. The zero-order valence-electron chi connectivity index (χ0n) is 23.2. The lowest BCUT2D eigenvalue weighted by molar-refractivity contribution is 0.0990. The van der Waals surface area contributed by atoms with Gasteiger partial charge >= 0.3 is 0 Å². The van der Waals surface area contributed by atoms with E-state index < -0.39 is 23.2 Å². The summed E-state index contributed by atoms with van der Waals surface area (Å²) in [6, 6.07) is 31.5. The van der Waals surface area contributed by atoms with Gasteiger partial charge in [-0.1, -0.05) is 66.7 Å². The number of carbonyl (C=O) groups is 2. The van der Waals surface area contributed by atoms with Crippen LogP contribution in [0.25, 0.3) is 74.8 Å². The summed E-state index contributed by atoms with van der Waals surface area (Å²) >= 11 is 3.21. The van der Waals surface area contributed by atoms with Crippen LogP contribution in [0.15, 0.2) is 103 Å². The first-order valence-corrected chi connectivity index (χ1v) is 16.0. The van der Waals surface area contributed by atoms with Crippen molar-refractivity contribution in [2.45, 2.75) is 0 Å². The number of thiophene rings is 2. The Bertz CT molecular complexity index is 2780. The topological polar surface area (TPSA) is 38.5 Å². The van der Waals surface area contributed by atoms with Gasteiger partial charge in [-0.2, -0.15) is 0 Å². The number of nitrogens with zero attached hydrogens (tertiary/aromatic N) is 1. The van der Waals surface area contributed by atoms with Crippen molar-refractivity contribution in [1.29, 1.82) is 0 Å². The van der Waals surface area contributed by atoms with Gasteiger partial charge in [0.25, 0.3) is 0 Å². The summed E-state index contributed by atoms with van der Waals surface area (Å²) in [5.74, 6) is -3.45. The van der Waals surface area contributed by atoms with E-state index in [0.29, 0.717) is 0 Å². The molecule has 0 N–H and O–H groups in total. The van der Waals surface area contributed by atoms with Crippen LogP contribution in [-0.4, -0.2) is 16.0 Å². The third-order valence-electron chi connectivity index (χ3n) is 9.04. The van der Waals surface area contributed by atoms with Crippen LogP contribution < -0.4 is 0 Å². The van der Waals surface area contributed by atoms with Gasteiger partial charge in [0.15, 0.2) is 23.2 Å². The van der Waals surface area contributed by atoms with Crippen molar-refractivity contribution in [2.24, 2.45) is 0 Å². The molecule has 212 valence electrons. The van der Waals surface area contributed by atoms with E-state index in [1.807, 2.05) is 12.1 Å². The molecular formula is C38H17F2NO2S2. The van der Waals surface area contributed by atoms with E-state index in [1.165, 1.54) is 44.0 Å². The third-order valence-corrected chi connectivity index (χ3v) is 11.4. The molecule has 7 heteroatoms. The minimum atomic E-state index is -1.14. The van der Waals surface area contributed by atoms with Crippen molar-refractivity contribution in [3.05, 3.63) is 130 Å². The maximum Gasteiger partial charge on any atom is 0.197 e. The van der Waals surface area contributed by atoms with E-state index >= 15 is 0 Å². The standard InChI is InChI=1S/C38H17F2NO2S2/c39-28-16-25-26(17-29(28)40)36(43)27(35(25)42)13-19-14-31-37(44-19)33-22-11-6-10-21-23(18-7-2-1-3-8-18)15-24-20-9-4-5-12-30(20)41(38(33)45-31)34(24)32(21)22/h1-17H. The minimum absolute atomic E-state index is 0.0733. The highest BCUT2D eigenvalue weighted by atomic mass is 32.1. The van der Waals surface area contributed by atoms with Gasteiger partial charge in [0.1, 0.15) is 4.83 Å². The average molecular weight is 622 g/mol. The number of pyridine rings is 1. The van der Waals surface area contributed by atoms with E-state index in [-0.39, 0.29) is 16.7 Å². The van der Waals surface area contributed by atoms with Crippen molar-refractivity contribution in [3.63, 3.8) is 0 Å². The zero-order chi connectivity index (χ0) is 30.1. The van der Waals surface area contributed by atoms with Gasteiger partial charge in [0.05, 0.1) is 21.3 Å². The molecule has 0 saturated heterocycles. The van der Waals surface area contributed by atoms with Crippen LogP contribution in [0.4, 0.5) is 8.78 Å². The highest BCUT2D eigenvalue weighted by Crippen LogP contribution is 2.50. The van der Waals surface area contributed by atoms with Gasteiger partial charge in [0.2, 0.25) is 0 Å². The average Bonchev–Trinajstić information content (AvgIpc) is 3.77. The normalized spacial score (nSPS) is 13.6. The van der Waals surface area contributed by atoms with Crippen molar-refractivity contribution < 1.29 is 18.4 Å². The molecule has 4 heterocycles. The molecule has 0 radical (unpaired) electrons. The van der Waals surface area contributed by atoms with Gasteiger partial charge in [-0.15, -0.1) is 22.7 Å². The van der Waals surface area contributed by atoms with Crippen LogP contribution >= 0.6 is 22.7 Å². The molecule has 10 rings (SSSR count). The first kappa shape index (κ1) is 25.1. The summed E-state index contributed by atoms with van der Waals surface area (Å²) in [6.07, 6.45) is 1.57. The highest BCUT2D eigenvalue weighted by molar-refractivity contribution is 7.33. The van der Waals surface area contributed by atoms with Crippen LogP contribution in [0.5, 0.6) is 0 Å². The Morgan fingerprint density at radius 1 is 0.622 bits per heavy atom. The number of aromatic nitrogens is 1. The fraction of sp³-hybridized carbons (Fsp3) is 0.